The Morgan fingerprint density at radius 3 is 2.64 bits per heavy atom. The highest BCUT2D eigenvalue weighted by Crippen LogP contribution is 2.49. The zero-order valence-electron chi connectivity index (χ0n) is 16.9. The first-order valence-electron chi connectivity index (χ1n) is 9.77. The van der Waals surface area contributed by atoms with Crippen molar-refractivity contribution in [3.05, 3.63) is 54.1 Å². The Hall–Kier alpha value is -2.14. The van der Waals surface area contributed by atoms with Gasteiger partial charge in [-0.3, -0.25) is 0 Å². The highest BCUT2D eigenvalue weighted by Gasteiger charge is 2.49. The Morgan fingerprint density at radius 2 is 1.93 bits per heavy atom. The zero-order chi connectivity index (χ0) is 19.9. The molecule has 2 aliphatic rings. The van der Waals surface area contributed by atoms with Gasteiger partial charge in [-0.05, 0) is 57.5 Å². The van der Waals surface area contributed by atoms with E-state index in [2.05, 4.69) is 49.4 Å². The van der Waals surface area contributed by atoms with Gasteiger partial charge >= 0.3 is 6.09 Å². The quantitative estimate of drug-likeness (QED) is 0.671. The van der Waals surface area contributed by atoms with Crippen LogP contribution in [0.2, 0.25) is 0 Å². The molecule has 0 saturated carbocycles. The van der Waals surface area contributed by atoms with Gasteiger partial charge < -0.3 is 14.4 Å². The fraction of sp³-hybridized carbons (Fsp3) is 0.435. The maximum absolute atomic E-state index is 12.5. The summed E-state index contributed by atoms with van der Waals surface area (Å²) in [6, 6.07) is 16.8. The summed E-state index contributed by atoms with van der Waals surface area (Å²) in [7, 11) is 0. The molecule has 0 aliphatic carbocycles. The summed E-state index contributed by atoms with van der Waals surface area (Å²) in [5.74, 6) is 0.941. The Bertz CT molecular complexity index is 877. The van der Waals surface area contributed by atoms with E-state index in [-0.39, 0.29) is 17.6 Å². The third-order valence-corrected chi connectivity index (χ3v) is 6.46. The summed E-state index contributed by atoms with van der Waals surface area (Å²) < 4.78 is 11.8. The van der Waals surface area contributed by atoms with Crippen LogP contribution in [0.5, 0.6) is 5.75 Å². The van der Waals surface area contributed by atoms with E-state index >= 15 is 0 Å². The van der Waals surface area contributed by atoms with Gasteiger partial charge in [0.15, 0.2) is 0 Å². The summed E-state index contributed by atoms with van der Waals surface area (Å²) in [6.07, 6.45) is 0.568. The predicted octanol–water partition coefficient (Wildman–Crippen LogP) is 5.50. The van der Waals surface area contributed by atoms with Gasteiger partial charge in [0.25, 0.3) is 0 Å². The second kappa shape index (κ2) is 7.03. The molecule has 2 aromatic rings. The molecule has 1 saturated heterocycles. The molecule has 0 radical (unpaired) electrons. The second-order valence-corrected chi connectivity index (χ2v) is 9.92. The number of amides is 1. The topological polar surface area (TPSA) is 38.8 Å². The fourth-order valence-electron chi connectivity index (χ4n) is 3.89. The van der Waals surface area contributed by atoms with Gasteiger partial charge in [-0.15, -0.1) is 0 Å². The molecule has 0 spiro atoms. The highest BCUT2D eigenvalue weighted by atomic mass is 32.2. The first kappa shape index (κ1) is 19.2. The lowest BCUT2D eigenvalue weighted by Gasteiger charge is -2.41. The Labute approximate surface area is 171 Å². The number of carbonyl (C=O) groups is 1. The van der Waals surface area contributed by atoms with E-state index in [1.807, 2.05) is 26.8 Å². The fourth-order valence-corrected chi connectivity index (χ4v) is 4.77. The third-order valence-electron chi connectivity index (χ3n) is 5.46. The molecule has 1 fully saturated rings. The minimum Gasteiger partial charge on any atom is -0.487 e. The van der Waals surface area contributed by atoms with Crippen LogP contribution < -0.4 is 4.74 Å². The lowest BCUT2D eigenvalue weighted by Crippen LogP contribution is -2.54. The molecular formula is C23H27NO3S. The highest BCUT2D eigenvalue weighted by molar-refractivity contribution is 7.99. The number of fused-ring (bicyclic) bond motifs is 3. The van der Waals surface area contributed by atoms with E-state index in [9.17, 15) is 4.79 Å². The van der Waals surface area contributed by atoms with E-state index in [1.165, 1.54) is 15.4 Å². The van der Waals surface area contributed by atoms with Gasteiger partial charge in [-0.2, -0.15) is 0 Å². The number of nitrogens with zero attached hydrogens (tertiary/aromatic N) is 1. The number of likely N-dealkylation sites (tertiary alicyclic amines) is 1. The van der Waals surface area contributed by atoms with Crippen molar-refractivity contribution < 1.29 is 14.3 Å². The summed E-state index contributed by atoms with van der Waals surface area (Å²) in [6.45, 7) is 9.18. The van der Waals surface area contributed by atoms with Gasteiger partial charge in [-0.25, -0.2) is 4.79 Å². The van der Waals surface area contributed by atoms with E-state index in [0.29, 0.717) is 13.1 Å². The van der Waals surface area contributed by atoms with Crippen LogP contribution >= 0.6 is 11.8 Å². The van der Waals surface area contributed by atoms with Crippen molar-refractivity contribution in [2.45, 2.75) is 61.0 Å². The normalized spacial score (nSPS) is 23.6. The van der Waals surface area contributed by atoms with E-state index in [4.69, 9.17) is 9.47 Å². The van der Waals surface area contributed by atoms with Crippen molar-refractivity contribution in [1.29, 1.82) is 0 Å². The molecule has 0 aromatic heterocycles. The molecule has 2 aromatic carbocycles. The molecule has 4 rings (SSSR count). The summed E-state index contributed by atoms with van der Waals surface area (Å²) in [4.78, 5) is 16.7. The Kier molecular flexibility index (Phi) is 4.82. The lowest BCUT2D eigenvalue weighted by molar-refractivity contribution is -0.00223. The first-order valence-corrected chi connectivity index (χ1v) is 10.6. The molecular weight excluding hydrogens is 370 g/mol. The Morgan fingerprint density at radius 1 is 1.18 bits per heavy atom. The van der Waals surface area contributed by atoms with Crippen molar-refractivity contribution in [3.8, 4) is 5.75 Å². The Balaban J connectivity index is 1.52. The largest absolute Gasteiger partial charge is 0.487 e. The average molecular weight is 398 g/mol. The zero-order valence-corrected chi connectivity index (χ0v) is 17.7. The van der Waals surface area contributed by atoms with Crippen molar-refractivity contribution in [3.63, 3.8) is 0 Å². The van der Waals surface area contributed by atoms with Gasteiger partial charge in [0, 0.05) is 27.3 Å². The van der Waals surface area contributed by atoms with E-state index in [1.54, 1.807) is 16.7 Å². The van der Waals surface area contributed by atoms with Crippen molar-refractivity contribution in [2.24, 2.45) is 0 Å². The minimum atomic E-state index is -0.485. The molecule has 2 atom stereocenters. The lowest BCUT2D eigenvalue weighted by atomic mass is 9.74. The number of hydrogen-bond donors (Lipinski definition) is 0. The summed E-state index contributed by atoms with van der Waals surface area (Å²) in [5.41, 5.74) is 0.685. The average Bonchev–Trinajstić information content (AvgIpc) is 2.92. The van der Waals surface area contributed by atoms with Crippen LogP contribution in [0.1, 0.15) is 39.7 Å². The molecule has 1 amide bonds. The molecule has 4 nitrogen and oxygen atoms in total. The second-order valence-electron chi connectivity index (χ2n) is 8.77. The number of rotatable bonds is 2. The third kappa shape index (κ3) is 3.72. The maximum Gasteiger partial charge on any atom is 0.410 e. The molecule has 0 N–H and O–H groups in total. The summed E-state index contributed by atoms with van der Waals surface area (Å²) >= 11 is 1.76. The molecule has 28 heavy (non-hydrogen) atoms. The van der Waals surface area contributed by atoms with Crippen molar-refractivity contribution >= 4 is 17.9 Å². The monoisotopic (exact) mass is 397 g/mol. The van der Waals surface area contributed by atoms with Crippen LogP contribution in [0.3, 0.4) is 0 Å². The number of benzene rings is 2. The number of piperidine rings is 1. The number of carbonyl (C=O) groups excluding carboxylic acids is 1. The van der Waals surface area contributed by atoms with Crippen LogP contribution in [-0.2, 0) is 10.2 Å². The molecule has 0 bridgehead atoms. The molecule has 5 heteroatoms. The van der Waals surface area contributed by atoms with Crippen molar-refractivity contribution in [1.82, 2.24) is 4.90 Å². The number of ether oxygens (including phenoxy) is 2. The molecule has 2 heterocycles. The van der Waals surface area contributed by atoms with E-state index < -0.39 is 5.60 Å². The van der Waals surface area contributed by atoms with Gasteiger partial charge in [0.2, 0.25) is 0 Å². The van der Waals surface area contributed by atoms with Crippen molar-refractivity contribution in [2.75, 3.05) is 13.1 Å². The number of hydrogen-bond acceptors (Lipinski definition) is 4. The van der Waals surface area contributed by atoms with Gasteiger partial charge in [0.05, 0.1) is 6.54 Å². The summed E-state index contributed by atoms with van der Waals surface area (Å²) in [5, 5.41) is 0. The van der Waals surface area contributed by atoms with E-state index in [0.717, 1.165) is 12.2 Å². The van der Waals surface area contributed by atoms with Gasteiger partial charge in [-0.1, -0.05) is 36.9 Å². The smallest absolute Gasteiger partial charge is 0.410 e. The first-order chi connectivity index (χ1) is 13.2. The molecule has 148 valence electrons. The maximum atomic E-state index is 12.5. The van der Waals surface area contributed by atoms with Crippen LogP contribution in [0.4, 0.5) is 4.79 Å². The van der Waals surface area contributed by atoms with Crippen LogP contribution in [0, 0.1) is 0 Å². The predicted molar refractivity (Wildman–Crippen MR) is 111 cm³/mol. The minimum absolute atomic E-state index is 0.0410. The standard InChI is InChI=1S/C23H27NO3S/c1-22(2,3)27-21(25)24-13-12-23(4)18-14-17(28-16-8-6-5-7-9-16)10-11-19(18)26-20(23)15-24/h5-11,14,20H,12-13,15H2,1-4H3. The van der Waals surface area contributed by atoms with Crippen LogP contribution in [0.25, 0.3) is 0 Å². The molecule has 2 unspecified atom stereocenters. The molecule has 2 aliphatic heterocycles. The van der Waals surface area contributed by atoms with Crippen LogP contribution in [0.15, 0.2) is 58.3 Å². The SMILES string of the molecule is CC(C)(C)OC(=O)N1CCC2(C)c3cc(Sc4ccccc4)ccc3OC2C1. The van der Waals surface area contributed by atoms with Crippen LogP contribution in [-0.4, -0.2) is 35.8 Å². The van der Waals surface area contributed by atoms with Gasteiger partial charge in [0.1, 0.15) is 17.5 Å².